The zero-order valence-corrected chi connectivity index (χ0v) is 6.75. The standard InChI is InChI=1S/C2H3O.V.W/c1-2-3;;/h1-3H;;/q-1;;/p-1. The minimum absolute atomic E-state index is 0. The Morgan fingerprint density at radius 1 is 1.60 bits per heavy atom. The maximum atomic E-state index is 8.58. The first-order valence-electron chi connectivity index (χ1n) is 0.569. The van der Waals surface area contributed by atoms with Crippen LogP contribution in [0.5, 0.6) is 0 Å². The molecule has 1 nitrogen and oxygen atoms in total. The fourth-order valence-electron chi connectivity index (χ4n) is 0. The summed E-state index contributed by atoms with van der Waals surface area (Å²) in [4.78, 5) is 0. The van der Waals surface area contributed by atoms with E-state index in [-0.39, 0.29) is 45.9 Å². The number of hydrogen-bond donors (Lipinski definition) is 0. The first kappa shape index (κ1) is 17.0. The summed E-state index contributed by atoms with van der Waals surface area (Å²) in [5.74, 6) is 0. The average Bonchev–Trinajstić information content (AvgIpc) is 0.918. The van der Waals surface area contributed by atoms with Gasteiger partial charge < -0.3 is 17.9 Å². The van der Waals surface area contributed by atoms with Crippen LogP contribution in [0.3, 0.4) is 0 Å². The normalized spacial score (nSPS) is 2.40. The SMILES string of the molecule is [CH-]=C[O-].[V].[W]. The molecular weight excluding hydrogens is 275 g/mol. The van der Waals surface area contributed by atoms with Crippen LogP contribution >= 0.6 is 0 Å². The molecule has 0 fully saturated rings. The van der Waals surface area contributed by atoms with Crippen molar-refractivity contribution >= 4 is 0 Å². The third-order valence-electron chi connectivity index (χ3n) is 0. The summed E-state index contributed by atoms with van der Waals surface area (Å²) in [5.41, 5.74) is 0. The van der Waals surface area contributed by atoms with Crippen LogP contribution in [0.1, 0.15) is 0 Å². The van der Waals surface area contributed by atoms with Crippen molar-refractivity contribution in [3.8, 4) is 0 Å². The molecule has 0 heterocycles. The van der Waals surface area contributed by atoms with Gasteiger partial charge in [0, 0.05) is 39.6 Å². The van der Waals surface area contributed by atoms with Crippen LogP contribution in [-0.4, -0.2) is 0 Å². The van der Waals surface area contributed by atoms with Gasteiger partial charge in [-0.15, -0.1) is 0 Å². The second-order valence-corrected chi connectivity index (χ2v) is 0.136. The van der Waals surface area contributed by atoms with Crippen LogP contribution in [0.25, 0.3) is 0 Å². The molecule has 5 heavy (non-hydrogen) atoms. The van der Waals surface area contributed by atoms with Gasteiger partial charge in [-0.25, -0.2) is 0 Å². The molecule has 0 spiro atoms. The van der Waals surface area contributed by atoms with E-state index in [1.54, 1.807) is 0 Å². The smallest absolute Gasteiger partial charge is 0 e. The Balaban J connectivity index is -0.0000000200. The quantitative estimate of drug-likeness (QED) is 0.423. The van der Waals surface area contributed by atoms with Gasteiger partial charge in [-0.2, -0.15) is 0 Å². The van der Waals surface area contributed by atoms with Gasteiger partial charge >= 0.3 is 0 Å². The van der Waals surface area contributed by atoms with Crippen molar-refractivity contribution in [2.75, 3.05) is 0 Å². The van der Waals surface area contributed by atoms with Crippen LogP contribution < -0.4 is 5.11 Å². The first-order valence-corrected chi connectivity index (χ1v) is 0.569. The van der Waals surface area contributed by atoms with Gasteiger partial charge in [0.1, 0.15) is 0 Å². The number of rotatable bonds is 0. The molecule has 29 valence electrons. The van der Waals surface area contributed by atoms with Gasteiger partial charge in [0.05, 0.1) is 0 Å². The fraction of sp³-hybridized carbons (Fsp3) is 0. The predicted molar refractivity (Wildman–Crippen MR) is 8.87 cm³/mol. The molecule has 0 aliphatic carbocycles. The Morgan fingerprint density at radius 2 is 1.60 bits per heavy atom. The average molecular weight is 277 g/mol. The molecule has 0 N–H and O–H groups in total. The van der Waals surface area contributed by atoms with Gasteiger partial charge in [-0.1, -0.05) is 0 Å². The van der Waals surface area contributed by atoms with Gasteiger partial charge in [0.2, 0.25) is 0 Å². The maximum absolute atomic E-state index is 8.58. The molecule has 0 aromatic heterocycles. The van der Waals surface area contributed by atoms with Gasteiger partial charge in [0.25, 0.3) is 0 Å². The summed E-state index contributed by atoms with van der Waals surface area (Å²) in [7, 11) is 0. The molecule has 0 aromatic rings. The molecule has 0 saturated carbocycles. The van der Waals surface area contributed by atoms with Crippen molar-refractivity contribution in [2.45, 2.75) is 0 Å². The third kappa shape index (κ3) is 57.6. The molecule has 0 aromatic carbocycles. The molecule has 1 radical (unpaired) electrons. The summed E-state index contributed by atoms with van der Waals surface area (Å²) >= 11 is 0. The predicted octanol–water partition coefficient (Wildman–Crippen LogP) is -0.712. The summed E-state index contributed by atoms with van der Waals surface area (Å²) in [6.07, 6.45) is 0.250. The van der Waals surface area contributed by atoms with Crippen molar-refractivity contribution in [3.63, 3.8) is 0 Å². The van der Waals surface area contributed by atoms with Crippen LogP contribution in [0.15, 0.2) is 6.26 Å². The van der Waals surface area contributed by atoms with Gasteiger partial charge in [-0.3, -0.25) is 0 Å². The van der Waals surface area contributed by atoms with E-state index in [1.165, 1.54) is 0 Å². The van der Waals surface area contributed by atoms with E-state index >= 15 is 0 Å². The molecule has 0 bridgehead atoms. The van der Waals surface area contributed by atoms with Crippen LogP contribution in [-0.2, 0) is 39.6 Å². The Labute approximate surface area is 57.6 Å². The fourth-order valence-corrected chi connectivity index (χ4v) is 0. The molecule has 0 rings (SSSR count). The molecule has 0 aliphatic heterocycles. The van der Waals surface area contributed by atoms with Crippen molar-refractivity contribution in [3.05, 3.63) is 12.8 Å². The molecule has 0 aliphatic rings. The van der Waals surface area contributed by atoms with Crippen LogP contribution in [0.4, 0.5) is 0 Å². The van der Waals surface area contributed by atoms with Gasteiger partial charge in [0.15, 0.2) is 0 Å². The van der Waals surface area contributed by atoms with E-state index in [4.69, 9.17) is 5.11 Å². The Morgan fingerprint density at radius 3 is 1.60 bits per heavy atom. The van der Waals surface area contributed by atoms with Crippen molar-refractivity contribution in [2.24, 2.45) is 0 Å². The van der Waals surface area contributed by atoms with E-state index < -0.39 is 0 Å². The first-order chi connectivity index (χ1) is 1.41. The molecule has 0 unspecified atom stereocenters. The topological polar surface area (TPSA) is 23.1 Å². The molecule has 3 heteroatoms. The second-order valence-electron chi connectivity index (χ2n) is 0.136. The Bertz CT molecular complexity index is 17.1. The monoisotopic (exact) mass is 277 g/mol. The Kier molecular flexibility index (Phi) is 72.5. The minimum atomic E-state index is 0. The second kappa shape index (κ2) is 21.3. The van der Waals surface area contributed by atoms with Gasteiger partial charge in [-0.05, 0) is 0 Å². The van der Waals surface area contributed by atoms with Crippen LogP contribution in [0, 0.1) is 6.58 Å². The maximum Gasteiger partial charge on any atom is 0 e. The summed E-state index contributed by atoms with van der Waals surface area (Å²) in [5, 5.41) is 8.58. The zero-order chi connectivity index (χ0) is 2.71. The molecule has 0 atom stereocenters. The van der Waals surface area contributed by atoms with Crippen LogP contribution in [0.2, 0.25) is 0 Å². The summed E-state index contributed by atoms with van der Waals surface area (Å²) in [6, 6.07) is 0. The largest absolute Gasteiger partial charge is 0.904 e. The van der Waals surface area contributed by atoms with E-state index in [0.717, 1.165) is 0 Å². The molecule has 0 amide bonds. The van der Waals surface area contributed by atoms with E-state index in [0.29, 0.717) is 0 Å². The van der Waals surface area contributed by atoms with E-state index in [2.05, 4.69) is 6.58 Å². The van der Waals surface area contributed by atoms with Crippen molar-refractivity contribution in [1.82, 2.24) is 0 Å². The van der Waals surface area contributed by atoms with Crippen molar-refractivity contribution in [1.29, 1.82) is 0 Å². The van der Waals surface area contributed by atoms with E-state index in [1.807, 2.05) is 0 Å². The molecular formula is C2H2OVW-2. The third-order valence-corrected chi connectivity index (χ3v) is 0. The van der Waals surface area contributed by atoms with Crippen molar-refractivity contribution < 1.29 is 44.7 Å². The number of hydrogen-bond acceptors (Lipinski definition) is 1. The summed E-state index contributed by atoms with van der Waals surface area (Å²) < 4.78 is 0. The minimum Gasteiger partial charge on any atom is -0.904 e. The summed E-state index contributed by atoms with van der Waals surface area (Å²) in [6.45, 7) is 4.17. The Hall–Kier alpha value is 0.813. The zero-order valence-electron chi connectivity index (χ0n) is 2.42. The van der Waals surface area contributed by atoms with E-state index in [9.17, 15) is 0 Å². The molecule has 0 saturated heterocycles.